The van der Waals surface area contributed by atoms with Crippen LogP contribution in [-0.4, -0.2) is 35.4 Å². The highest BCUT2D eigenvalue weighted by Gasteiger charge is 2.23. The van der Waals surface area contributed by atoms with Gasteiger partial charge in [0.15, 0.2) is 0 Å². The third kappa shape index (κ3) is 8.82. The monoisotopic (exact) mass is 366 g/mol. The third-order valence-corrected chi connectivity index (χ3v) is 4.54. The number of rotatable bonds is 7. The van der Waals surface area contributed by atoms with Crippen molar-refractivity contribution in [1.29, 1.82) is 0 Å². The summed E-state index contributed by atoms with van der Waals surface area (Å²) in [5.74, 6) is 0.121. The van der Waals surface area contributed by atoms with Gasteiger partial charge >= 0.3 is 6.09 Å². The van der Waals surface area contributed by atoms with Crippen LogP contribution < -0.4 is 10.6 Å². The Labute approximate surface area is 155 Å². The molecule has 0 aliphatic carbocycles. The summed E-state index contributed by atoms with van der Waals surface area (Å²) in [7, 11) is 0. The molecular formula is C19H30N2O3S. The first-order chi connectivity index (χ1) is 11.6. The molecule has 6 heteroatoms. The normalized spacial score (nSPS) is 13.9. The Kier molecular flexibility index (Phi) is 8.29. The van der Waals surface area contributed by atoms with Crippen molar-refractivity contribution >= 4 is 23.8 Å². The maximum Gasteiger partial charge on any atom is 0.407 e. The molecule has 0 aromatic heterocycles. The molecule has 0 aliphatic heterocycles. The fraction of sp³-hybridized carbons (Fsp3) is 0.579. The van der Waals surface area contributed by atoms with Crippen LogP contribution in [0.4, 0.5) is 4.79 Å². The van der Waals surface area contributed by atoms with Crippen LogP contribution >= 0.6 is 11.8 Å². The maximum absolute atomic E-state index is 12.3. The molecule has 0 heterocycles. The first-order valence-electron chi connectivity index (χ1n) is 8.57. The van der Waals surface area contributed by atoms with Crippen molar-refractivity contribution in [3.8, 4) is 0 Å². The Bertz CT molecular complexity index is 556. The molecule has 0 fully saturated rings. The van der Waals surface area contributed by atoms with Crippen LogP contribution in [0.3, 0.4) is 0 Å². The van der Waals surface area contributed by atoms with Gasteiger partial charge in [-0.05, 0) is 45.7 Å². The van der Waals surface area contributed by atoms with Gasteiger partial charge in [0.2, 0.25) is 5.91 Å². The van der Waals surface area contributed by atoms with Crippen LogP contribution in [0.15, 0.2) is 35.2 Å². The number of nitrogens with one attached hydrogen (secondary N) is 2. The second kappa shape index (κ2) is 9.70. The number of ether oxygens (including phenoxy) is 1. The highest BCUT2D eigenvalue weighted by molar-refractivity contribution is 8.00. The predicted octanol–water partition coefficient (Wildman–Crippen LogP) is 3.83. The molecule has 5 nitrogen and oxygen atoms in total. The highest BCUT2D eigenvalue weighted by atomic mass is 32.2. The van der Waals surface area contributed by atoms with Gasteiger partial charge in [-0.1, -0.05) is 32.0 Å². The second-order valence-corrected chi connectivity index (χ2v) is 8.73. The van der Waals surface area contributed by atoms with E-state index in [4.69, 9.17) is 4.74 Å². The van der Waals surface area contributed by atoms with E-state index < -0.39 is 11.7 Å². The predicted molar refractivity (Wildman–Crippen MR) is 103 cm³/mol. The minimum atomic E-state index is -0.546. The molecule has 2 unspecified atom stereocenters. The molecule has 0 saturated carbocycles. The Morgan fingerprint density at radius 1 is 1.12 bits per heavy atom. The number of carbonyl (C=O) groups excluding carboxylic acids is 2. The van der Waals surface area contributed by atoms with Crippen molar-refractivity contribution in [3.63, 3.8) is 0 Å². The average molecular weight is 367 g/mol. The summed E-state index contributed by atoms with van der Waals surface area (Å²) in [6, 6.07) is 9.63. The molecule has 2 amide bonds. The van der Waals surface area contributed by atoms with Crippen LogP contribution in [0.5, 0.6) is 0 Å². The summed E-state index contributed by atoms with van der Waals surface area (Å²) >= 11 is 1.51. The molecule has 0 radical (unpaired) electrons. The largest absolute Gasteiger partial charge is 0.444 e. The van der Waals surface area contributed by atoms with Gasteiger partial charge in [-0.3, -0.25) is 4.79 Å². The van der Waals surface area contributed by atoms with E-state index in [1.807, 2.05) is 71.9 Å². The van der Waals surface area contributed by atoms with E-state index in [0.717, 1.165) is 4.90 Å². The standard InChI is InChI=1S/C19H30N2O3S/c1-13(2)16(21-18(23)24-19(4,5)6)12-20-17(22)14(3)25-15-10-8-7-9-11-15/h7-11,13-14,16H,12H2,1-6H3,(H,20,22)(H,21,23). The lowest BCUT2D eigenvalue weighted by Crippen LogP contribution is -2.49. The summed E-state index contributed by atoms with van der Waals surface area (Å²) < 4.78 is 5.28. The molecule has 1 rings (SSSR count). The molecule has 2 N–H and O–H groups in total. The minimum absolute atomic E-state index is 0.0505. The van der Waals surface area contributed by atoms with Crippen LogP contribution in [0.2, 0.25) is 0 Å². The van der Waals surface area contributed by atoms with Crippen molar-refractivity contribution in [3.05, 3.63) is 30.3 Å². The van der Waals surface area contributed by atoms with Crippen LogP contribution in [-0.2, 0) is 9.53 Å². The van der Waals surface area contributed by atoms with E-state index in [0.29, 0.717) is 6.54 Å². The van der Waals surface area contributed by atoms with Crippen LogP contribution in [0, 0.1) is 5.92 Å². The molecular weight excluding hydrogens is 336 g/mol. The summed E-state index contributed by atoms with van der Waals surface area (Å²) in [5.41, 5.74) is -0.546. The quantitative estimate of drug-likeness (QED) is 0.720. The van der Waals surface area contributed by atoms with Crippen molar-refractivity contribution in [2.45, 2.75) is 63.3 Å². The zero-order valence-corrected chi connectivity index (χ0v) is 16.8. The Hall–Kier alpha value is -1.69. The van der Waals surface area contributed by atoms with E-state index in [2.05, 4.69) is 10.6 Å². The number of alkyl carbamates (subject to hydrolysis) is 1. The summed E-state index contributed by atoms with van der Waals surface area (Å²) in [5, 5.41) is 5.55. The SMILES string of the molecule is CC(Sc1ccccc1)C(=O)NCC(NC(=O)OC(C)(C)C)C(C)C. The summed E-state index contributed by atoms with van der Waals surface area (Å²) in [6.45, 7) is 11.7. The fourth-order valence-corrected chi connectivity index (χ4v) is 2.94. The van der Waals surface area contributed by atoms with Crippen molar-refractivity contribution < 1.29 is 14.3 Å². The number of hydrogen-bond acceptors (Lipinski definition) is 4. The zero-order valence-electron chi connectivity index (χ0n) is 16.0. The van der Waals surface area contributed by atoms with Crippen molar-refractivity contribution in [1.82, 2.24) is 10.6 Å². The summed E-state index contributed by atoms with van der Waals surface area (Å²) in [6.07, 6.45) is -0.466. The van der Waals surface area contributed by atoms with Gasteiger partial charge in [0, 0.05) is 11.4 Å². The smallest absolute Gasteiger partial charge is 0.407 e. The number of carbonyl (C=O) groups is 2. The molecule has 1 aromatic carbocycles. The first kappa shape index (κ1) is 21.4. The molecule has 25 heavy (non-hydrogen) atoms. The van der Waals surface area contributed by atoms with E-state index >= 15 is 0 Å². The average Bonchev–Trinajstić information content (AvgIpc) is 2.49. The van der Waals surface area contributed by atoms with Crippen LogP contribution in [0.25, 0.3) is 0 Å². The van der Waals surface area contributed by atoms with Gasteiger partial charge < -0.3 is 15.4 Å². The third-order valence-electron chi connectivity index (χ3n) is 3.43. The maximum atomic E-state index is 12.3. The molecule has 0 saturated heterocycles. The molecule has 0 aliphatic rings. The van der Waals surface area contributed by atoms with Gasteiger partial charge in [-0.15, -0.1) is 11.8 Å². The fourth-order valence-electron chi connectivity index (χ4n) is 2.02. The lowest BCUT2D eigenvalue weighted by Gasteiger charge is -2.26. The van der Waals surface area contributed by atoms with Crippen molar-refractivity contribution in [2.24, 2.45) is 5.92 Å². The number of hydrogen-bond donors (Lipinski definition) is 2. The molecule has 1 aromatic rings. The Morgan fingerprint density at radius 2 is 1.72 bits per heavy atom. The van der Waals surface area contributed by atoms with E-state index in [-0.39, 0.29) is 23.1 Å². The Morgan fingerprint density at radius 3 is 2.24 bits per heavy atom. The Balaban J connectivity index is 2.50. The molecule has 140 valence electrons. The zero-order chi connectivity index (χ0) is 19.0. The molecule has 2 atom stereocenters. The van der Waals surface area contributed by atoms with Gasteiger partial charge in [0.1, 0.15) is 5.60 Å². The number of benzene rings is 1. The lowest BCUT2D eigenvalue weighted by molar-refractivity contribution is -0.120. The number of amides is 2. The second-order valence-electron chi connectivity index (χ2n) is 7.32. The van der Waals surface area contributed by atoms with Crippen LogP contribution in [0.1, 0.15) is 41.5 Å². The van der Waals surface area contributed by atoms with Gasteiger partial charge in [0.25, 0.3) is 0 Å². The summed E-state index contributed by atoms with van der Waals surface area (Å²) in [4.78, 5) is 25.3. The number of thioether (sulfide) groups is 1. The van der Waals surface area contributed by atoms with E-state index in [9.17, 15) is 9.59 Å². The van der Waals surface area contributed by atoms with E-state index in [1.54, 1.807) is 0 Å². The molecule has 0 bridgehead atoms. The van der Waals surface area contributed by atoms with Gasteiger partial charge in [-0.25, -0.2) is 4.79 Å². The first-order valence-corrected chi connectivity index (χ1v) is 9.45. The highest BCUT2D eigenvalue weighted by Crippen LogP contribution is 2.22. The molecule has 0 spiro atoms. The topological polar surface area (TPSA) is 67.4 Å². The lowest BCUT2D eigenvalue weighted by atomic mass is 10.0. The van der Waals surface area contributed by atoms with Gasteiger partial charge in [-0.2, -0.15) is 0 Å². The van der Waals surface area contributed by atoms with E-state index in [1.165, 1.54) is 11.8 Å². The minimum Gasteiger partial charge on any atom is -0.444 e. The van der Waals surface area contributed by atoms with Gasteiger partial charge in [0.05, 0.1) is 11.3 Å². The van der Waals surface area contributed by atoms with Crippen molar-refractivity contribution in [2.75, 3.05) is 6.54 Å².